The molecule has 1 unspecified atom stereocenters. The third kappa shape index (κ3) is 5.28. The molecule has 0 aliphatic carbocycles. The van der Waals surface area contributed by atoms with E-state index in [1.165, 1.54) is 30.5 Å². The van der Waals surface area contributed by atoms with Crippen LogP contribution in [-0.4, -0.2) is 40.8 Å². The van der Waals surface area contributed by atoms with E-state index in [4.69, 9.17) is 16.8 Å². The second-order valence-electron chi connectivity index (χ2n) is 6.12. The van der Waals surface area contributed by atoms with Crippen molar-refractivity contribution in [2.75, 3.05) is 23.3 Å². The standard InChI is InChI=1S/C17H16BrClF2N4O3/c18-14-7-10(8-22-15(14)25-6-5-12(9-25)24-27)16(26)23-11-1-3-13(4-2-11)28-17(19,20)21/h1-4,7-8,12,24,27H,5-6,9H2,(H,23,26). The number of pyridine rings is 1. The van der Waals surface area contributed by atoms with Crippen molar-refractivity contribution >= 4 is 44.9 Å². The molecule has 0 saturated carbocycles. The van der Waals surface area contributed by atoms with Crippen LogP contribution in [0.25, 0.3) is 0 Å². The Labute approximate surface area is 172 Å². The van der Waals surface area contributed by atoms with Crippen molar-refractivity contribution in [2.45, 2.75) is 18.0 Å². The van der Waals surface area contributed by atoms with Gasteiger partial charge >= 0.3 is 5.57 Å². The Bertz CT molecular complexity index is 851. The smallest absolute Gasteiger partial charge is 0.420 e. The lowest BCUT2D eigenvalue weighted by Gasteiger charge is -2.19. The first-order valence-electron chi connectivity index (χ1n) is 8.22. The van der Waals surface area contributed by atoms with Crippen LogP contribution in [0.15, 0.2) is 41.0 Å². The van der Waals surface area contributed by atoms with Crippen LogP contribution in [0.3, 0.4) is 0 Å². The summed E-state index contributed by atoms with van der Waals surface area (Å²) in [7, 11) is 0. The van der Waals surface area contributed by atoms with Gasteiger partial charge in [0.05, 0.1) is 16.1 Å². The predicted molar refractivity (Wildman–Crippen MR) is 103 cm³/mol. The van der Waals surface area contributed by atoms with Crippen molar-refractivity contribution in [1.29, 1.82) is 0 Å². The van der Waals surface area contributed by atoms with Gasteiger partial charge in [-0.2, -0.15) is 0 Å². The van der Waals surface area contributed by atoms with Crippen LogP contribution in [0.1, 0.15) is 16.8 Å². The highest BCUT2D eigenvalue weighted by molar-refractivity contribution is 9.10. The Hall–Kier alpha value is -2.01. The van der Waals surface area contributed by atoms with Crippen LogP contribution in [0.2, 0.25) is 0 Å². The van der Waals surface area contributed by atoms with E-state index in [2.05, 4.69) is 36.4 Å². The lowest BCUT2D eigenvalue weighted by Crippen LogP contribution is -2.30. The third-order valence-electron chi connectivity index (χ3n) is 4.10. The van der Waals surface area contributed by atoms with Crippen molar-refractivity contribution in [3.05, 3.63) is 46.6 Å². The number of halogens is 4. The molecule has 3 rings (SSSR count). The van der Waals surface area contributed by atoms with E-state index in [1.807, 2.05) is 4.90 Å². The molecular formula is C17H16BrClF2N4O3. The maximum Gasteiger partial charge on any atom is 0.487 e. The zero-order chi connectivity index (χ0) is 20.3. The fraction of sp³-hybridized carbons (Fsp3) is 0.294. The largest absolute Gasteiger partial charge is 0.487 e. The monoisotopic (exact) mass is 476 g/mol. The minimum atomic E-state index is -3.80. The molecule has 2 heterocycles. The Morgan fingerprint density at radius 2 is 2.11 bits per heavy atom. The first kappa shape index (κ1) is 20.7. The summed E-state index contributed by atoms with van der Waals surface area (Å²) in [6.45, 7) is 1.33. The van der Waals surface area contributed by atoms with Crippen molar-refractivity contribution in [1.82, 2.24) is 10.5 Å². The number of benzene rings is 1. The SMILES string of the molecule is O=C(Nc1ccc(OC(F)(F)Cl)cc1)c1cnc(N2CCC(NO)C2)c(Br)c1. The summed E-state index contributed by atoms with van der Waals surface area (Å²) in [5.74, 6) is 0.137. The topological polar surface area (TPSA) is 86.7 Å². The molecule has 0 spiro atoms. The van der Waals surface area contributed by atoms with Gasteiger partial charge in [0.1, 0.15) is 11.6 Å². The molecule has 2 aromatic rings. The number of rotatable bonds is 6. The zero-order valence-electron chi connectivity index (χ0n) is 14.3. The summed E-state index contributed by atoms with van der Waals surface area (Å²) < 4.78 is 30.1. The van der Waals surface area contributed by atoms with Crippen LogP contribution in [-0.2, 0) is 0 Å². The van der Waals surface area contributed by atoms with Gasteiger partial charge < -0.3 is 20.2 Å². The molecule has 0 bridgehead atoms. The maximum absolute atomic E-state index is 12.6. The van der Waals surface area contributed by atoms with Crippen LogP contribution >= 0.6 is 27.5 Å². The van der Waals surface area contributed by atoms with Crippen LogP contribution in [0.5, 0.6) is 5.75 Å². The Kier molecular flexibility index (Phi) is 6.33. The number of carbonyl (C=O) groups is 1. The molecule has 11 heteroatoms. The van der Waals surface area contributed by atoms with E-state index in [-0.39, 0.29) is 11.8 Å². The van der Waals surface area contributed by atoms with Gasteiger partial charge in [0.2, 0.25) is 0 Å². The van der Waals surface area contributed by atoms with Crippen LogP contribution in [0, 0.1) is 0 Å². The van der Waals surface area contributed by atoms with E-state index < -0.39 is 11.5 Å². The summed E-state index contributed by atoms with van der Waals surface area (Å²) >= 11 is 8.13. The predicted octanol–water partition coefficient (Wildman–Crippen LogP) is 3.82. The molecule has 1 amide bonds. The van der Waals surface area contributed by atoms with Crippen molar-refractivity contribution in [3.8, 4) is 5.75 Å². The number of hydrogen-bond acceptors (Lipinski definition) is 6. The molecule has 3 N–H and O–H groups in total. The number of hydroxylamine groups is 1. The summed E-state index contributed by atoms with van der Waals surface area (Å²) in [6.07, 6.45) is 2.23. The fourth-order valence-corrected chi connectivity index (χ4v) is 3.48. The van der Waals surface area contributed by atoms with Gasteiger partial charge in [0.25, 0.3) is 5.91 Å². The highest BCUT2D eigenvalue weighted by atomic mass is 79.9. The Morgan fingerprint density at radius 3 is 2.68 bits per heavy atom. The van der Waals surface area contributed by atoms with E-state index in [0.717, 1.165) is 13.0 Å². The quantitative estimate of drug-likeness (QED) is 0.433. The lowest BCUT2D eigenvalue weighted by atomic mass is 10.2. The summed E-state index contributed by atoms with van der Waals surface area (Å²) in [4.78, 5) is 18.7. The number of ether oxygens (including phenoxy) is 1. The minimum absolute atomic E-state index is 0.0256. The highest BCUT2D eigenvalue weighted by Crippen LogP contribution is 2.29. The van der Waals surface area contributed by atoms with Gasteiger partial charge in [-0.05, 0) is 52.7 Å². The van der Waals surface area contributed by atoms with Gasteiger partial charge in [-0.3, -0.25) is 4.79 Å². The number of hydrogen-bond donors (Lipinski definition) is 3. The first-order valence-corrected chi connectivity index (χ1v) is 9.39. The van der Waals surface area contributed by atoms with Gasteiger partial charge in [0, 0.05) is 36.6 Å². The number of aromatic nitrogens is 1. The molecule has 1 aliphatic rings. The molecule has 1 aromatic heterocycles. The number of anilines is 2. The fourth-order valence-electron chi connectivity index (χ4n) is 2.79. The summed E-state index contributed by atoms with van der Waals surface area (Å²) in [6, 6.07) is 6.98. The second-order valence-corrected chi connectivity index (χ2v) is 7.41. The highest BCUT2D eigenvalue weighted by Gasteiger charge is 2.27. The molecule has 150 valence electrons. The summed E-state index contributed by atoms with van der Waals surface area (Å²) in [5, 5.41) is 11.7. The van der Waals surface area contributed by atoms with E-state index >= 15 is 0 Å². The molecule has 7 nitrogen and oxygen atoms in total. The molecule has 1 fully saturated rings. The van der Waals surface area contributed by atoms with Crippen molar-refractivity contribution in [3.63, 3.8) is 0 Å². The number of nitrogens with zero attached hydrogens (tertiary/aromatic N) is 2. The normalized spacial score (nSPS) is 16.9. The first-order chi connectivity index (χ1) is 13.2. The summed E-state index contributed by atoms with van der Waals surface area (Å²) in [5.41, 5.74) is -0.835. The molecular weight excluding hydrogens is 462 g/mol. The van der Waals surface area contributed by atoms with E-state index in [9.17, 15) is 13.6 Å². The van der Waals surface area contributed by atoms with E-state index in [0.29, 0.717) is 28.1 Å². The average Bonchev–Trinajstić information content (AvgIpc) is 3.11. The number of amides is 1. The number of alkyl halides is 3. The Balaban J connectivity index is 1.65. The molecule has 1 aliphatic heterocycles. The van der Waals surface area contributed by atoms with Gasteiger partial charge in [-0.1, -0.05) is 0 Å². The maximum atomic E-state index is 12.6. The number of nitrogens with one attached hydrogen (secondary N) is 2. The van der Waals surface area contributed by atoms with Gasteiger partial charge in [0.15, 0.2) is 0 Å². The Morgan fingerprint density at radius 1 is 1.39 bits per heavy atom. The van der Waals surface area contributed by atoms with Crippen LogP contribution in [0.4, 0.5) is 20.3 Å². The van der Waals surface area contributed by atoms with Crippen LogP contribution < -0.4 is 20.4 Å². The van der Waals surface area contributed by atoms with Gasteiger partial charge in [-0.25, -0.2) is 10.5 Å². The lowest BCUT2D eigenvalue weighted by molar-refractivity contribution is -0.0964. The zero-order valence-corrected chi connectivity index (χ0v) is 16.7. The molecule has 1 atom stereocenters. The molecule has 1 aromatic carbocycles. The molecule has 28 heavy (non-hydrogen) atoms. The average molecular weight is 478 g/mol. The molecule has 0 radical (unpaired) electrons. The van der Waals surface area contributed by atoms with E-state index in [1.54, 1.807) is 6.07 Å². The van der Waals surface area contributed by atoms with Gasteiger partial charge in [-0.15, -0.1) is 8.78 Å². The second kappa shape index (κ2) is 8.56. The third-order valence-corrected chi connectivity index (χ3v) is 4.76. The number of carbonyl (C=O) groups excluding carboxylic acids is 1. The van der Waals surface area contributed by atoms with Crippen molar-refractivity contribution in [2.24, 2.45) is 0 Å². The van der Waals surface area contributed by atoms with Crippen molar-refractivity contribution < 1.29 is 23.5 Å². The minimum Gasteiger partial charge on any atom is -0.420 e. The molecule has 1 saturated heterocycles.